The Bertz CT molecular complexity index is 1140. The van der Waals surface area contributed by atoms with Crippen molar-refractivity contribution in [2.24, 2.45) is 14.1 Å². The van der Waals surface area contributed by atoms with Gasteiger partial charge in [-0.1, -0.05) is 18.2 Å². The Morgan fingerprint density at radius 1 is 1.20 bits per heavy atom. The van der Waals surface area contributed by atoms with E-state index in [-0.39, 0.29) is 29.2 Å². The van der Waals surface area contributed by atoms with Crippen molar-refractivity contribution >= 4 is 17.5 Å². The van der Waals surface area contributed by atoms with Gasteiger partial charge in [-0.3, -0.25) is 23.7 Å². The zero-order valence-corrected chi connectivity index (χ0v) is 17.5. The molecule has 158 valence electrons. The summed E-state index contributed by atoms with van der Waals surface area (Å²) in [7, 11) is 6.32. The van der Waals surface area contributed by atoms with Gasteiger partial charge in [0.05, 0.1) is 25.0 Å². The van der Waals surface area contributed by atoms with Gasteiger partial charge in [-0.25, -0.2) is 4.68 Å². The highest BCUT2D eigenvalue weighted by Gasteiger charge is 2.23. The fourth-order valence-electron chi connectivity index (χ4n) is 3.15. The van der Waals surface area contributed by atoms with E-state index in [9.17, 15) is 14.4 Å². The number of amides is 2. The Kier molecular flexibility index (Phi) is 5.77. The second kappa shape index (κ2) is 8.27. The fraction of sp³-hybridized carbons (Fsp3) is 0.300. The molecule has 0 aliphatic heterocycles. The van der Waals surface area contributed by atoms with Crippen molar-refractivity contribution < 1.29 is 14.3 Å². The highest BCUT2D eigenvalue weighted by molar-refractivity contribution is 6.00. The maximum Gasteiger partial charge on any atom is 0.295 e. The molecule has 0 aliphatic rings. The Balaban J connectivity index is 1.78. The summed E-state index contributed by atoms with van der Waals surface area (Å²) in [6, 6.07) is 9.13. The molecular weight excluding hydrogens is 388 g/mol. The van der Waals surface area contributed by atoms with Gasteiger partial charge in [0.1, 0.15) is 11.3 Å². The quantitative estimate of drug-likeness (QED) is 0.649. The van der Waals surface area contributed by atoms with E-state index >= 15 is 0 Å². The lowest BCUT2D eigenvalue weighted by atomic mass is 10.3. The van der Waals surface area contributed by atoms with Crippen molar-refractivity contribution in [2.75, 3.05) is 26.0 Å². The summed E-state index contributed by atoms with van der Waals surface area (Å²) in [5, 5.41) is 6.68. The van der Waals surface area contributed by atoms with Crippen LogP contribution in [-0.2, 0) is 18.9 Å². The van der Waals surface area contributed by atoms with Crippen molar-refractivity contribution in [1.82, 2.24) is 24.0 Å². The van der Waals surface area contributed by atoms with E-state index in [2.05, 4.69) is 10.4 Å². The first-order valence-electron chi connectivity index (χ1n) is 9.21. The molecule has 10 heteroatoms. The van der Waals surface area contributed by atoms with Crippen LogP contribution < -0.4 is 15.6 Å². The van der Waals surface area contributed by atoms with Crippen LogP contribution in [0.4, 0.5) is 5.69 Å². The monoisotopic (exact) mass is 412 g/mol. The van der Waals surface area contributed by atoms with Gasteiger partial charge in [-0.05, 0) is 19.1 Å². The molecule has 10 nitrogen and oxygen atoms in total. The fourth-order valence-corrected chi connectivity index (χ4v) is 3.15. The third-order valence-corrected chi connectivity index (χ3v) is 4.76. The molecule has 0 saturated heterocycles. The third-order valence-electron chi connectivity index (χ3n) is 4.76. The molecule has 0 saturated carbocycles. The number of methoxy groups -OCH3 is 1. The number of benzene rings is 1. The summed E-state index contributed by atoms with van der Waals surface area (Å²) in [4.78, 5) is 39.3. The first kappa shape index (κ1) is 20.9. The molecule has 0 atom stereocenters. The predicted octanol–water partition coefficient (Wildman–Crippen LogP) is 0.937. The molecule has 2 heterocycles. The number of aromatic nitrogens is 4. The van der Waals surface area contributed by atoms with Crippen LogP contribution in [0.1, 0.15) is 16.1 Å². The summed E-state index contributed by atoms with van der Waals surface area (Å²) in [5.74, 6) is -0.722. The van der Waals surface area contributed by atoms with Crippen molar-refractivity contribution in [3.8, 4) is 11.6 Å². The number of aryl methyl sites for hydroxylation is 1. The van der Waals surface area contributed by atoms with E-state index in [1.54, 1.807) is 37.8 Å². The van der Waals surface area contributed by atoms with Crippen molar-refractivity contribution in [1.29, 1.82) is 0 Å². The average Bonchev–Trinajstić information content (AvgIpc) is 3.20. The number of para-hydroxylation sites is 1. The zero-order valence-electron chi connectivity index (χ0n) is 17.5. The second-order valence-electron chi connectivity index (χ2n) is 6.87. The number of ether oxygens (including phenoxy) is 1. The first-order valence-corrected chi connectivity index (χ1v) is 9.21. The van der Waals surface area contributed by atoms with E-state index in [1.165, 1.54) is 34.6 Å². The van der Waals surface area contributed by atoms with Crippen molar-refractivity contribution in [3.63, 3.8) is 0 Å². The number of carbonyl (C=O) groups is 2. The smallest absolute Gasteiger partial charge is 0.295 e. The van der Waals surface area contributed by atoms with Crippen LogP contribution >= 0.6 is 0 Å². The summed E-state index contributed by atoms with van der Waals surface area (Å²) < 4.78 is 9.70. The van der Waals surface area contributed by atoms with E-state index < -0.39 is 11.8 Å². The number of hydrogen-bond donors (Lipinski definition) is 1. The topological polar surface area (TPSA) is 103 Å². The van der Waals surface area contributed by atoms with Crippen LogP contribution in [0.3, 0.4) is 0 Å². The molecule has 0 spiro atoms. The van der Waals surface area contributed by atoms with Gasteiger partial charge in [-0.15, -0.1) is 5.10 Å². The van der Waals surface area contributed by atoms with Crippen LogP contribution in [0.15, 0.2) is 41.3 Å². The molecule has 30 heavy (non-hydrogen) atoms. The third kappa shape index (κ3) is 3.84. The van der Waals surface area contributed by atoms with Gasteiger partial charge in [0.15, 0.2) is 0 Å². The number of likely N-dealkylation sites (N-methyl/N-ethyl adjacent to an activating group) is 1. The highest BCUT2D eigenvalue weighted by Crippen LogP contribution is 2.17. The summed E-state index contributed by atoms with van der Waals surface area (Å²) >= 11 is 0. The minimum absolute atomic E-state index is 0.172. The molecule has 0 aliphatic carbocycles. The van der Waals surface area contributed by atoms with Gasteiger partial charge in [0, 0.05) is 27.3 Å². The maximum atomic E-state index is 12.9. The number of hydrogen-bond acceptors (Lipinski definition) is 5. The molecule has 0 unspecified atom stereocenters. The summed E-state index contributed by atoms with van der Waals surface area (Å²) in [6.45, 7) is 1.50. The average molecular weight is 412 g/mol. The number of carbonyl (C=O) groups excluding carboxylic acids is 2. The summed E-state index contributed by atoms with van der Waals surface area (Å²) in [6.07, 6.45) is 1.52. The predicted molar refractivity (Wildman–Crippen MR) is 111 cm³/mol. The Morgan fingerprint density at radius 3 is 2.50 bits per heavy atom. The Hall–Kier alpha value is -3.82. The normalized spacial score (nSPS) is 10.7. The zero-order chi connectivity index (χ0) is 22.0. The van der Waals surface area contributed by atoms with E-state index in [4.69, 9.17) is 4.74 Å². The van der Waals surface area contributed by atoms with Crippen LogP contribution in [-0.4, -0.2) is 56.6 Å². The van der Waals surface area contributed by atoms with Gasteiger partial charge in [-0.2, -0.15) is 0 Å². The van der Waals surface area contributed by atoms with Crippen LogP contribution in [0.25, 0.3) is 5.69 Å². The first-order chi connectivity index (χ1) is 14.2. The van der Waals surface area contributed by atoms with Gasteiger partial charge < -0.3 is 15.0 Å². The molecule has 0 radical (unpaired) electrons. The molecular formula is C20H24N6O4. The summed E-state index contributed by atoms with van der Waals surface area (Å²) in [5.41, 5.74) is 1.35. The molecule has 3 rings (SSSR count). The SMILES string of the molecule is COc1nn(C)cc1C(=O)N(C)CC(=O)Nc1c(C)n(C)n(-c2ccccc2)c1=O. The van der Waals surface area contributed by atoms with Crippen LogP contribution in [0.5, 0.6) is 5.88 Å². The Morgan fingerprint density at radius 2 is 1.87 bits per heavy atom. The molecule has 0 fully saturated rings. The molecule has 2 aromatic heterocycles. The lowest BCUT2D eigenvalue weighted by molar-refractivity contribution is -0.116. The minimum Gasteiger partial charge on any atom is -0.479 e. The van der Waals surface area contributed by atoms with Crippen molar-refractivity contribution in [3.05, 3.63) is 58.1 Å². The van der Waals surface area contributed by atoms with Crippen LogP contribution in [0.2, 0.25) is 0 Å². The lowest BCUT2D eigenvalue weighted by Gasteiger charge is -2.16. The second-order valence-corrected chi connectivity index (χ2v) is 6.87. The largest absolute Gasteiger partial charge is 0.479 e. The van der Waals surface area contributed by atoms with Gasteiger partial charge >= 0.3 is 0 Å². The standard InChI is InChI=1S/C20H24N6O4/c1-13-17(20(29)26(25(13)4)14-9-7-6-8-10-14)21-16(27)12-23(2)19(28)15-11-24(3)22-18(15)30-5/h6-11H,12H2,1-5H3,(H,21,27). The molecule has 1 aromatic carbocycles. The number of anilines is 1. The lowest BCUT2D eigenvalue weighted by Crippen LogP contribution is -2.36. The number of nitrogens with zero attached hydrogens (tertiary/aromatic N) is 5. The molecule has 3 aromatic rings. The maximum absolute atomic E-state index is 12.9. The van der Waals surface area contributed by atoms with E-state index in [0.717, 1.165) is 0 Å². The minimum atomic E-state index is -0.486. The van der Waals surface area contributed by atoms with Crippen LogP contribution in [0, 0.1) is 6.92 Å². The van der Waals surface area contributed by atoms with Gasteiger partial charge in [0.2, 0.25) is 11.8 Å². The highest BCUT2D eigenvalue weighted by atomic mass is 16.5. The van der Waals surface area contributed by atoms with E-state index in [0.29, 0.717) is 11.4 Å². The Labute approximate surface area is 173 Å². The number of nitrogens with one attached hydrogen (secondary N) is 1. The molecule has 0 bridgehead atoms. The molecule has 2 amide bonds. The number of rotatable bonds is 6. The molecule has 1 N–H and O–H groups in total. The van der Waals surface area contributed by atoms with Gasteiger partial charge in [0.25, 0.3) is 11.5 Å². The van der Waals surface area contributed by atoms with E-state index in [1.807, 2.05) is 18.2 Å². The van der Waals surface area contributed by atoms with Crippen molar-refractivity contribution in [2.45, 2.75) is 6.92 Å².